The van der Waals surface area contributed by atoms with Crippen molar-refractivity contribution in [2.75, 3.05) is 0 Å². The number of para-hydroxylation sites is 1. The highest BCUT2D eigenvalue weighted by Crippen LogP contribution is 2.33. The van der Waals surface area contributed by atoms with Crippen LogP contribution in [0.3, 0.4) is 0 Å². The minimum atomic E-state index is 0.608. The first-order valence-corrected chi connectivity index (χ1v) is 8.96. The predicted octanol–water partition coefficient (Wildman–Crippen LogP) is 5.34. The first-order valence-electron chi connectivity index (χ1n) is 8.96. The summed E-state index contributed by atoms with van der Waals surface area (Å²) < 4.78 is 4.69. The molecule has 0 saturated carbocycles. The van der Waals surface area contributed by atoms with E-state index in [0.717, 1.165) is 6.54 Å². The summed E-state index contributed by atoms with van der Waals surface area (Å²) in [5.41, 5.74) is 3.92. The van der Waals surface area contributed by atoms with Crippen molar-refractivity contribution in [3.8, 4) is 0 Å². The zero-order chi connectivity index (χ0) is 17.0. The summed E-state index contributed by atoms with van der Waals surface area (Å²) in [7, 11) is 0. The first kappa shape index (κ1) is 14.5. The van der Waals surface area contributed by atoms with E-state index in [4.69, 9.17) is 0 Å². The Labute approximate surface area is 146 Å². The van der Waals surface area contributed by atoms with Crippen LogP contribution in [0.1, 0.15) is 13.8 Å². The van der Waals surface area contributed by atoms with Crippen molar-refractivity contribution in [2.45, 2.75) is 20.4 Å². The Morgan fingerprint density at radius 3 is 2.52 bits per heavy atom. The van der Waals surface area contributed by atoms with E-state index >= 15 is 0 Å². The van der Waals surface area contributed by atoms with Crippen LogP contribution in [0.15, 0.2) is 73.1 Å². The van der Waals surface area contributed by atoms with Gasteiger partial charge in [-0.2, -0.15) is 4.40 Å². The molecule has 2 aromatic carbocycles. The van der Waals surface area contributed by atoms with Crippen LogP contribution in [-0.2, 0) is 6.54 Å². The third-order valence-electron chi connectivity index (χ3n) is 5.07. The van der Waals surface area contributed by atoms with Crippen LogP contribution in [0.4, 0.5) is 0 Å². The van der Waals surface area contributed by atoms with Gasteiger partial charge in [0.2, 0.25) is 5.52 Å². The summed E-state index contributed by atoms with van der Waals surface area (Å²) in [4.78, 5) is 0. The average molecular weight is 325 g/mol. The molecule has 5 aromatic rings. The molecule has 2 heteroatoms. The van der Waals surface area contributed by atoms with Crippen LogP contribution in [0.2, 0.25) is 0 Å². The third-order valence-corrected chi connectivity index (χ3v) is 5.07. The molecular weight excluding hydrogens is 304 g/mol. The van der Waals surface area contributed by atoms with E-state index in [1.54, 1.807) is 0 Å². The average Bonchev–Trinajstić information content (AvgIpc) is 2.93. The van der Waals surface area contributed by atoms with Gasteiger partial charge in [0.25, 0.3) is 0 Å². The van der Waals surface area contributed by atoms with E-state index in [9.17, 15) is 0 Å². The number of pyridine rings is 2. The molecule has 0 unspecified atom stereocenters. The maximum absolute atomic E-state index is 2.49. The van der Waals surface area contributed by atoms with E-state index in [2.05, 4.69) is 95.9 Å². The summed E-state index contributed by atoms with van der Waals surface area (Å²) in [6.45, 7) is 5.60. The van der Waals surface area contributed by atoms with Crippen molar-refractivity contribution in [1.82, 2.24) is 4.57 Å². The topological polar surface area (TPSA) is 9.03 Å². The number of benzene rings is 2. The van der Waals surface area contributed by atoms with Crippen molar-refractivity contribution in [2.24, 2.45) is 5.92 Å². The smallest absolute Gasteiger partial charge is 0.218 e. The van der Waals surface area contributed by atoms with Crippen molar-refractivity contribution in [3.63, 3.8) is 0 Å². The van der Waals surface area contributed by atoms with Gasteiger partial charge in [-0.05, 0) is 35.6 Å². The molecule has 0 aliphatic carbocycles. The Hall–Kier alpha value is -2.87. The zero-order valence-corrected chi connectivity index (χ0v) is 14.6. The standard InChI is InChI=1S/C23H21N2/c1-16(2)15-25-22-9-4-3-7-18(22)20-13-17-10-12-24-11-6-5-8-21(24)19(17)14-23(20)25/h3-14,16H,15H2,1-2H3/q+1. The Balaban J connectivity index is 1.98. The van der Waals surface area contributed by atoms with Crippen molar-refractivity contribution < 1.29 is 4.40 Å². The maximum Gasteiger partial charge on any atom is 0.218 e. The SMILES string of the molecule is CC(C)Cn1c2ccccc2c2cc3cc[n+]4ccccc4c3cc21. The zero-order valence-electron chi connectivity index (χ0n) is 14.6. The molecule has 0 aliphatic rings. The lowest BCUT2D eigenvalue weighted by Gasteiger charge is -2.10. The molecule has 122 valence electrons. The molecule has 3 heterocycles. The molecule has 0 atom stereocenters. The van der Waals surface area contributed by atoms with Crippen LogP contribution in [0.25, 0.3) is 38.1 Å². The molecule has 0 amide bonds. The van der Waals surface area contributed by atoms with Gasteiger partial charge in [0.15, 0.2) is 12.4 Å². The normalized spacial score (nSPS) is 12.1. The summed E-state index contributed by atoms with van der Waals surface area (Å²) in [5, 5.41) is 5.31. The fourth-order valence-electron chi connectivity index (χ4n) is 4.01. The molecule has 0 saturated heterocycles. The Bertz CT molecular complexity index is 1240. The van der Waals surface area contributed by atoms with Gasteiger partial charge < -0.3 is 4.57 Å². The van der Waals surface area contributed by atoms with E-state index in [1.807, 2.05) is 0 Å². The monoisotopic (exact) mass is 325 g/mol. The molecule has 5 rings (SSSR count). The Morgan fingerprint density at radius 1 is 0.800 bits per heavy atom. The highest BCUT2D eigenvalue weighted by atomic mass is 15.0. The molecular formula is C23H21N2+. The number of nitrogens with zero attached hydrogens (tertiary/aromatic N) is 2. The van der Waals surface area contributed by atoms with Crippen LogP contribution in [0.5, 0.6) is 0 Å². The van der Waals surface area contributed by atoms with Crippen LogP contribution in [0, 0.1) is 5.92 Å². The molecule has 0 bridgehead atoms. The van der Waals surface area contributed by atoms with Gasteiger partial charge >= 0.3 is 0 Å². The van der Waals surface area contributed by atoms with E-state index in [1.165, 1.54) is 38.1 Å². The van der Waals surface area contributed by atoms with E-state index < -0.39 is 0 Å². The lowest BCUT2D eigenvalue weighted by atomic mass is 10.1. The molecule has 25 heavy (non-hydrogen) atoms. The Kier molecular flexibility index (Phi) is 3.08. The maximum atomic E-state index is 2.49. The quantitative estimate of drug-likeness (QED) is 0.306. The molecule has 2 nitrogen and oxygen atoms in total. The third kappa shape index (κ3) is 2.14. The number of aromatic nitrogens is 2. The number of rotatable bonds is 2. The lowest BCUT2D eigenvalue weighted by Crippen LogP contribution is -2.19. The summed E-state index contributed by atoms with van der Waals surface area (Å²) in [6.07, 6.45) is 4.26. The molecule has 0 spiro atoms. The van der Waals surface area contributed by atoms with Gasteiger partial charge in [-0.1, -0.05) is 32.0 Å². The largest absolute Gasteiger partial charge is 0.340 e. The summed E-state index contributed by atoms with van der Waals surface area (Å²) >= 11 is 0. The van der Waals surface area contributed by atoms with E-state index in [0.29, 0.717) is 5.92 Å². The number of fused-ring (bicyclic) bond motifs is 6. The molecule has 3 aromatic heterocycles. The second kappa shape index (κ2) is 5.32. The van der Waals surface area contributed by atoms with Crippen LogP contribution < -0.4 is 4.40 Å². The van der Waals surface area contributed by atoms with Crippen molar-refractivity contribution in [3.05, 3.63) is 73.1 Å². The van der Waals surface area contributed by atoms with Gasteiger partial charge in [0, 0.05) is 46.5 Å². The van der Waals surface area contributed by atoms with Gasteiger partial charge in [0.1, 0.15) is 0 Å². The predicted molar refractivity (Wildman–Crippen MR) is 105 cm³/mol. The second-order valence-electron chi connectivity index (χ2n) is 7.29. The van der Waals surface area contributed by atoms with Crippen LogP contribution >= 0.6 is 0 Å². The van der Waals surface area contributed by atoms with Gasteiger partial charge in [0.05, 0.1) is 5.39 Å². The molecule has 0 aliphatic heterocycles. The molecule has 0 radical (unpaired) electrons. The highest BCUT2D eigenvalue weighted by Gasteiger charge is 2.15. The summed E-state index contributed by atoms with van der Waals surface area (Å²) in [6, 6.07) is 22.1. The van der Waals surface area contributed by atoms with Crippen molar-refractivity contribution >= 4 is 38.1 Å². The highest BCUT2D eigenvalue weighted by molar-refractivity contribution is 6.14. The Morgan fingerprint density at radius 2 is 1.64 bits per heavy atom. The second-order valence-corrected chi connectivity index (χ2v) is 7.29. The van der Waals surface area contributed by atoms with Gasteiger partial charge in [-0.25, -0.2) is 0 Å². The van der Waals surface area contributed by atoms with Gasteiger partial charge in [-0.15, -0.1) is 0 Å². The summed E-state index contributed by atoms with van der Waals surface area (Å²) in [5.74, 6) is 0.608. The minimum absolute atomic E-state index is 0.608. The first-order chi connectivity index (χ1) is 12.2. The van der Waals surface area contributed by atoms with Crippen molar-refractivity contribution in [1.29, 1.82) is 0 Å². The number of hydrogen-bond acceptors (Lipinski definition) is 0. The molecule has 0 fully saturated rings. The van der Waals surface area contributed by atoms with E-state index in [-0.39, 0.29) is 0 Å². The van der Waals surface area contributed by atoms with Crippen LogP contribution in [-0.4, -0.2) is 4.57 Å². The molecule has 0 N–H and O–H groups in total. The number of hydrogen-bond donors (Lipinski definition) is 0. The van der Waals surface area contributed by atoms with Gasteiger partial charge in [-0.3, -0.25) is 0 Å². The fraction of sp³-hybridized carbons (Fsp3) is 0.174. The lowest BCUT2D eigenvalue weighted by molar-refractivity contribution is -0.510. The minimum Gasteiger partial charge on any atom is -0.340 e. The fourth-order valence-corrected chi connectivity index (χ4v) is 4.01.